The van der Waals surface area contributed by atoms with E-state index < -0.39 is 0 Å². The number of nitrogens with one attached hydrogen (secondary N) is 3. The van der Waals surface area contributed by atoms with Crippen LogP contribution in [0.3, 0.4) is 0 Å². The maximum Gasteiger partial charge on any atom is 0.191 e. The third-order valence-corrected chi connectivity index (χ3v) is 5.50. The van der Waals surface area contributed by atoms with E-state index in [1.165, 1.54) is 6.07 Å². The Hall–Kier alpha value is -2.21. The van der Waals surface area contributed by atoms with Gasteiger partial charge in [0.1, 0.15) is 18.2 Å². The van der Waals surface area contributed by atoms with Gasteiger partial charge in [0.05, 0.1) is 6.10 Å². The molecule has 1 saturated heterocycles. The fourth-order valence-corrected chi connectivity index (χ4v) is 3.60. The smallest absolute Gasteiger partial charge is 0.191 e. The molecule has 3 aromatic rings. The molecule has 0 amide bonds. The number of benzene rings is 1. The van der Waals surface area contributed by atoms with Gasteiger partial charge < -0.3 is 24.9 Å². The van der Waals surface area contributed by atoms with E-state index in [4.69, 9.17) is 4.74 Å². The van der Waals surface area contributed by atoms with Crippen molar-refractivity contribution in [3.05, 3.63) is 47.4 Å². The number of aromatic nitrogens is 4. The molecule has 31 heavy (non-hydrogen) atoms. The molecule has 4 rings (SSSR count). The minimum Gasteiger partial charge on any atom is -0.376 e. The normalized spacial score (nSPS) is 16.5. The maximum atomic E-state index is 13.6. The number of nitrogens with zero attached hydrogens (tertiary/aromatic N) is 4. The van der Waals surface area contributed by atoms with Gasteiger partial charge >= 0.3 is 0 Å². The lowest BCUT2D eigenvalue weighted by atomic mass is 10.1. The third-order valence-electron chi connectivity index (χ3n) is 5.50. The molecule has 8 nitrogen and oxygen atoms in total. The molecule has 168 valence electrons. The fourth-order valence-electron chi connectivity index (χ4n) is 3.60. The maximum absolute atomic E-state index is 13.6. The summed E-state index contributed by atoms with van der Waals surface area (Å²) < 4.78 is 21.2. The van der Waals surface area contributed by atoms with Gasteiger partial charge in [-0.1, -0.05) is 0 Å². The molecular formula is C21H29FIN7O. The average molecular weight is 541 g/mol. The molecule has 0 radical (unpaired) electrons. The fraction of sp³-hybridized carbons (Fsp3) is 0.476. The topological polar surface area (TPSA) is 92.2 Å². The molecule has 1 fully saturated rings. The monoisotopic (exact) mass is 541 g/mol. The zero-order chi connectivity index (χ0) is 20.9. The lowest BCUT2D eigenvalue weighted by Gasteiger charge is -2.15. The van der Waals surface area contributed by atoms with Crippen LogP contribution in [0.15, 0.2) is 29.4 Å². The number of hydrogen-bond donors (Lipinski definition) is 3. The van der Waals surface area contributed by atoms with E-state index in [1.54, 1.807) is 12.1 Å². The van der Waals surface area contributed by atoms with E-state index >= 15 is 0 Å². The van der Waals surface area contributed by atoms with Crippen molar-refractivity contribution in [2.24, 2.45) is 12.0 Å². The number of rotatable bonds is 7. The van der Waals surface area contributed by atoms with E-state index in [2.05, 4.69) is 30.8 Å². The molecule has 1 atom stereocenters. The standard InChI is InChI=1S/C21H28FN7O.HI/c1-14-27-28-20(29(14)2)13-26-21(25-12-17-4-3-9-30-17)23-8-7-15-11-24-19-6-5-16(22)10-18(15)19;/h5-6,10-11,17,24H,3-4,7-9,12-13H2,1-2H3,(H2,23,25,26);1H. The predicted molar refractivity (Wildman–Crippen MR) is 129 cm³/mol. The Balaban J connectivity index is 0.00000272. The van der Waals surface area contributed by atoms with Crippen LogP contribution >= 0.6 is 24.0 Å². The number of aromatic amines is 1. The largest absolute Gasteiger partial charge is 0.376 e. The quantitative estimate of drug-likeness (QED) is 0.243. The van der Waals surface area contributed by atoms with Crippen LogP contribution in [0.25, 0.3) is 10.9 Å². The highest BCUT2D eigenvalue weighted by atomic mass is 127. The molecule has 2 aromatic heterocycles. The van der Waals surface area contributed by atoms with Crippen LogP contribution in [0.2, 0.25) is 0 Å². The summed E-state index contributed by atoms with van der Waals surface area (Å²) in [6.45, 7) is 4.54. The highest BCUT2D eigenvalue weighted by molar-refractivity contribution is 14.0. The zero-order valence-electron chi connectivity index (χ0n) is 17.8. The van der Waals surface area contributed by atoms with Gasteiger partial charge in [0.15, 0.2) is 11.8 Å². The summed E-state index contributed by atoms with van der Waals surface area (Å²) in [7, 11) is 1.93. The van der Waals surface area contributed by atoms with Gasteiger partial charge in [-0.15, -0.1) is 34.2 Å². The molecule has 3 N–H and O–H groups in total. The summed E-state index contributed by atoms with van der Waals surface area (Å²) in [6, 6.07) is 4.80. The number of guanidine groups is 1. The molecule has 0 saturated carbocycles. The van der Waals surface area contributed by atoms with Gasteiger partial charge in [-0.05, 0) is 49.9 Å². The first-order valence-electron chi connectivity index (χ1n) is 10.3. The lowest BCUT2D eigenvalue weighted by Crippen LogP contribution is -2.42. The van der Waals surface area contributed by atoms with Crippen LogP contribution in [-0.2, 0) is 24.8 Å². The minimum atomic E-state index is -0.226. The molecule has 0 spiro atoms. The second kappa shape index (κ2) is 10.9. The molecule has 1 unspecified atom stereocenters. The van der Waals surface area contributed by atoms with Crippen LogP contribution in [0.4, 0.5) is 4.39 Å². The summed E-state index contributed by atoms with van der Waals surface area (Å²) in [5.74, 6) is 2.14. The number of aryl methyl sites for hydroxylation is 1. The second-order valence-electron chi connectivity index (χ2n) is 7.58. The van der Waals surface area contributed by atoms with Crippen molar-refractivity contribution in [2.45, 2.75) is 38.8 Å². The summed E-state index contributed by atoms with van der Waals surface area (Å²) >= 11 is 0. The van der Waals surface area contributed by atoms with Crippen LogP contribution in [0.5, 0.6) is 0 Å². The number of hydrogen-bond acceptors (Lipinski definition) is 4. The summed E-state index contributed by atoms with van der Waals surface area (Å²) in [6.07, 6.45) is 5.05. The molecule has 1 aliphatic rings. The van der Waals surface area contributed by atoms with Crippen molar-refractivity contribution in [2.75, 3.05) is 19.7 Å². The van der Waals surface area contributed by atoms with E-state index in [0.717, 1.165) is 54.0 Å². The Bertz CT molecular complexity index is 1030. The van der Waals surface area contributed by atoms with Gasteiger partial charge in [0, 0.05) is 43.8 Å². The Morgan fingerprint density at radius 2 is 2.23 bits per heavy atom. The second-order valence-corrected chi connectivity index (χ2v) is 7.58. The number of halogens is 2. The van der Waals surface area contributed by atoms with Crippen LogP contribution in [0, 0.1) is 12.7 Å². The molecule has 3 heterocycles. The Morgan fingerprint density at radius 3 is 2.97 bits per heavy atom. The summed E-state index contributed by atoms with van der Waals surface area (Å²) in [5.41, 5.74) is 2.01. The average Bonchev–Trinajstić information content (AvgIpc) is 3.47. The van der Waals surface area contributed by atoms with Crippen LogP contribution < -0.4 is 10.6 Å². The first kappa shape index (κ1) is 23.5. The number of ether oxygens (including phenoxy) is 1. The molecule has 1 aliphatic heterocycles. The van der Waals surface area contributed by atoms with Crippen LogP contribution in [0.1, 0.15) is 30.1 Å². The molecular weight excluding hydrogens is 512 g/mol. The highest BCUT2D eigenvalue weighted by Crippen LogP contribution is 2.19. The first-order valence-corrected chi connectivity index (χ1v) is 10.3. The van der Waals surface area contributed by atoms with Gasteiger partial charge in [-0.3, -0.25) is 0 Å². The Kier molecular flexibility index (Phi) is 8.24. The number of aliphatic imine (C=N–C) groups is 1. The highest BCUT2D eigenvalue weighted by Gasteiger charge is 2.16. The summed E-state index contributed by atoms with van der Waals surface area (Å²) in [5, 5.41) is 15.9. The molecule has 10 heteroatoms. The number of H-pyrrole nitrogens is 1. The van der Waals surface area contributed by atoms with E-state index in [9.17, 15) is 4.39 Å². The van der Waals surface area contributed by atoms with E-state index in [0.29, 0.717) is 25.6 Å². The zero-order valence-corrected chi connectivity index (χ0v) is 20.2. The summed E-state index contributed by atoms with van der Waals surface area (Å²) in [4.78, 5) is 7.87. The van der Waals surface area contributed by atoms with Crippen molar-refractivity contribution >= 4 is 40.8 Å². The molecule has 0 aliphatic carbocycles. The van der Waals surface area contributed by atoms with Crippen molar-refractivity contribution in [3.63, 3.8) is 0 Å². The molecule has 1 aromatic carbocycles. The van der Waals surface area contributed by atoms with Gasteiger partial charge in [-0.2, -0.15) is 0 Å². The lowest BCUT2D eigenvalue weighted by molar-refractivity contribution is 0.114. The Labute approximate surface area is 198 Å². The van der Waals surface area contributed by atoms with Crippen molar-refractivity contribution in [3.8, 4) is 0 Å². The van der Waals surface area contributed by atoms with E-state index in [-0.39, 0.29) is 35.9 Å². The first-order chi connectivity index (χ1) is 14.6. The number of fused-ring (bicyclic) bond motifs is 1. The van der Waals surface area contributed by atoms with Gasteiger partial charge in [0.2, 0.25) is 0 Å². The van der Waals surface area contributed by atoms with Crippen molar-refractivity contribution in [1.29, 1.82) is 0 Å². The SMILES string of the molecule is Cc1nnc(CN=C(NCCc2c[nH]c3ccc(F)cc23)NCC2CCCO2)n1C.I. The van der Waals surface area contributed by atoms with Gasteiger partial charge in [0.25, 0.3) is 0 Å². The van der Waals surface area contributed by atoms with Crippen molar-refractivity contribution < 1.29 is 9.13 Å². The van der Waals surface area contributed by atoms with E-state index in [1.807, 2.05) is 24.7 Å². The molecule has 0 bridgehead atoms. The van der Waals surface area contributed by atoms with Crippen molar-refractivity contribution in [1.82, 2.24) is 30.4 Å². The van der Waals surface area contributed by atoms with Crippen LogP contribution in [-0.4, -0.2) is 51.5 Å². The Morgan fingerprint density at radius 1 is 1.35 bits per heavy atom. The predicted octanol–water partition coefficient (Wildman–Crippen LogP) is 2.82. The van der Waals surface area contributed by atoms with Gasteiger partial charge in [-0.25, -0.2) is 9.38 Å². The third kappa shape index (κ3) is 5.94. The minimum absolute atomic E-state index is 0.